The van der Waals surface area contributed by atoms with Crippen LogP contribution in [0.5, 0.6) is 5.75 Å². The summed E-state index contributed by atoms with van der Waals surface area (Å²) >= 11 is 0. The Morgan fingerprint density at radius 2 is 1.73 bits per heavy atom. The first-order valence-electron chi connectivity index (χ1n) is 8.27. The van der Waals surface area contributed by atoms with Gasteiger partial charge in [-0.2, -0.15) is 0 Å². The molecule has 0 aromatic heterocycles. The zero-order valence-electron chi connectivity index (χ0n) is 13.6. The molecule has 116 valence electrons. The van der Waals surface area contributed by atoms with Gasteiger partial charge in [-0.1, -0.05) is 18.2 Å². The SMILES string of the molecule is Cc1cc(C)cc(NCc2cccc(OC3CCCC3)c2)c1. The van der Waals surface area contributed by atoms with E-state index in [9.17, 15) is 0 Å². The minimum atomic E-state index is 0.419. The van der Waals surface area contributed by atoms with Crippen molar-refractivity contribution < 1.29 is 4.74 Å². The molecule has 0 bridgehead atoms. The number of nitrogens with one attached hydrogen (secondary N) is 1. The molecule has 1 N–H and O–H groups in total. The molecule has 2 nitrogen and oxygen atoms in total. The van der Waals surface area contributed by atoms with Crippen molar-refractivity contribution in [3.63, 3.8) is 0 Å². The second-order valence-electron chi connectivity index (χ2n) is 6.40. The van der Waals surface area contributed by atoms with Gasteiger partial charge in [0.15, 0.2) is 0 Å². The van der Waals surface area contributed by atoms with Crippen LogP contribution in [-0.2, 0) is 6.54 Å². The topological polar surface area (TPSA) is 21.3 Å². The molecule has 1 saturated carbocycles. The summed E-state index contributed by atoms with van der Waals surface area (Å²) in [5.74, 6) is 1.01. The highest BCUT2D eigenvalue weighted by atomic mass is 16.5. The lowest BCUT2D eigenvalue weighted by Crippen LogP contribution is -2.11. The number of aryl methyl sites for hydroxylation is 2. The highest BCUT2D eigenvalue weighted by Crippen LogP contribution is 2.25. The van der Waals surface area contributed by atoms with Crippen LogP contribution in [-0.4, -0.2) is 6.10 Å². The first kappa shape index (κ1) is 15.0. The van der Waals surface area contributed by atoms with Crippen molar-refractivity contribution in [2.75, 3.05) is 5.32 Å². The second kappa shape index (κ2) is 6.87. The number of rotatable bonds is 5. The summed E-state index contributed by atoms with van der Waals surface area (Å²) in [6, 6.07) is 15.0. The van der Waals surface area contributed by atoms with Crippen molar-refractivity contribution >= 4 is 5.69 Å². The lowest BCUT2D eigenvalue weighted by molar-refractivity contribution is 0.210. The highest BCUT2D eigenvalue weighted by molar-refractivity contribution is 5.49. The Labute approximate surface area is 133 Å². The van der Waals surface area contributed by atoms with Gasteiger partial charge < -0.3 is 10.1 Å². The molecular weight excluding hydrogens is 270 g/mol. The third-order valence-corrected chi connectivity index (χ3v) is 4.22. The molecule has 0 radical (unpaired) electrons. The van der Waals surface area contributed by atoms with Gasteiger partial charge in [0.05, 0.1) is 6.10 Å². The summed E-state index contributed by atoms with van der Waals surface area (Å²) in [6.07, 6.45) is 5.43. The lowest BCUT2D eigenvalue weighted by atomic mass is 10.1. The molecule has 22 heavy (non-hydrogen) atoms. The van der Waals surface area contributed by atoms with Gasteiger partial charge in [-0.15, -0.1) is 0 Å². The van der Waals surface area contributed by atoms with Gasteiger partial charge in [0.2, 0.25) is 0 Å². The maximum absolute atomic E-state index is 6.08. The fourth-order valence-corrected chi connectivity index (χ4v) is 3.21. The molecule has 0 unspecified atom stereocenters. The maximum atomic E-state index is 6.08. The molecule has 3 rings (SSSR count). The van der Waals surface area contributed by atoms with E-state index in [0.717, 1.165) is 12.3 Å². The number of hydrogen-bond acceptors (Lipinski definition) is 2. The van der Waals surface area contributed by atoms with Gasteiger partial charge in [-0.25, -0.2) is 0 Å². The van der Waals surface area contributed by atoms with Gasteiger partial charge in [0, 0.05) is 12.2 Å². The van der Waals surface area contributed by atoms with Gasteiger partial charge >= 0.3 is 0 Å². The van der Waals surface area contributed by atoms with Crippen molar-refractivity contribution in [3.8, 4) is 5.75 Å². The van der Waals surface area contributed by atoms with Gasteiger partial charge in [0.1, 0.15) is 5.75 Å². The average Bonchev–Trinajstić information content (AvgIpc) is 2.97. The zero-order chi connectivity index (χ0) is 15.4. The van der Waals surface area contributed by atoms with Crippen LogP contribution in [0.3, 0.4) is 0 Å². The van der Waals surface area contributed by atoms with Crippen LogP contribution in [0.2, 0.25) is 0 Å². The molecule has 1 aliphatic carbocycles. The number of benzene rings is 2. The van der Waals surface area contributed by atoms with Crippen molar-refractivity contribution in [3.05, 3.63) is 59.2 Å². The Balaban J connectivity index is 1.62. The monoisotopic (exact) mass is 295 g/mol. The Bertz CT molecular complexity index is 609. The normalized spacial score (nSPS) is 15.0. The quantitative estimate of drug-likeness (QED) is 0.814. The van der Waals surface area contributed by atoms with Crippen molar-refractivity contribution in [2.45, 2.75) is 52.2 Å². The Kier molecular flexibility index (Phi) is 4.67. The van der Waals surface area contributed by atoms with E-state index in [1.54, 1.807) is 0 Å². The highest BCUT2D eigenvalue weighted by Gasteiger charge is 2.16. The summed E-state index contributed by atoms with van der Waals surface area (Å²) in [6.45, 7) is 5.09. The van der Waals surface area contributed by atoms with Crippen LogP contribution in [0, 0.1) is 13.8 Å². The summed E-state index contributed by atoms with van der Waals surface area (Å²) < 4.78 is 6.08. The van der Waals surface area contributed by atoms with E-state index in [4.69, 9.17) is 4.74 Å². The van der Waals surface area contributed by atoms with E-state index in [1.165, 1.54) is 48.1 Å². The smallest absolute Gasteiger partial charge is 0.120 e. The molecule has 0 saturated heterocycles. The van der Waals surface area contributed by atoms with Gasteiger partial charge in [0.25, 0.3) is 0 Å². The van der Waals surface area contributed by atoms with Crippen LogP contribution in [0.15, 0.2) is 42.5 Å². The average molecular weight is 295 g/mol. The molecule has 2 aromatic rings. The Morgan fingerprint density at radius 3 is 2.45 bits per heavy atom. The van der Waals surface area contributed by atoms with Gasteiger partial charge in [-0.05, 0) is 80.5 Å². The molecule has 1 aliphatic rings. The first-order chi connectivity index (χ1) is 10.7. The minimum Gasteiger partial charge on any atom is -0.490 e. The summed E-state index contributed by atoms with van der Waals surface area (Å²) in [5, 5.41) is 3.51. The van der Waals surface area contributed by atoms with Crippen LogP contribution >= 0.6 is 0 Å². The van der Waals surface area contributed by atoms with Crippen LogP contribution in [0.25, 0.3) is 0 Å². The first-order valence-corrected chi connectivity index (χ1v) is 8.27. The molecule has 0 heterocycles. The number of anilines is 1. The van der Waals surface area contributed by atoms with Crippen LogP contribution in [0.4, 0.5) is 5.69 Å². The predicted molar refractivity (Wildman–Crippen MR) is 92.6 cm³/mol. The third-order valence-electron chi connectivity index (χ3n) is 4.22. The molecule has 1 fully saturated rings. The minimum absolute atomic E-state index is 0.419. The van der Waals surface area contributed by atoms with Crippen molar-refractivity contribution in [2.24, 2.45) is 0 Å². The Morgan fingerprint density at radius 1 is 1.00 bits per heavy atom. The molecule has 0 aliphatic heterocycles. The molecule has 2 aromatic carbocycles. The van der Waals surface area contributed by atoms with Crippen LogP contribution in [0.1, 0.15) is 42.4 Å². The van der Waals surface area contributed by atoms with Gasteiger partial charge in [-0.3, -0.25) is 0 Å². The molecule has 0 atom stereocenters. The fraction of sp³-hybridized carbons (Fsp3) is 0.400. The molecule has 2 heteroatoms. The van der Waals surface area contributed by atoms with E-state index in [2.05, 4.69) is 61.6 Å². The molecule has 0 amide bonds. The van der Waals surface area contributed by atoms with Crippen molar-refractivity contribution in [1.82, 2.24) is 0 Å². The fourth-order valence-electron chi connectivity index (χ4n) is 3.21. The summed E-state index contributed by atoms with van der Waals surface area (Å²) in [5.41, 5.74) is 5.02. The third kappa shape index (κ3) is 4.03. The number of hydrogen-bond donors (Lipinski definition) is 1. The summed E-state index contributed by atoms with van der Waals surface area (Å²) in [7, 11) is 0. The molecule has 0 spiro atoms. The van der Waals surface area contributed by atoms with Crippen LogP contribution < -0.4 is 10.1 Å². The van der Waals surface area contributed by atoms with E-state index >= 15 is 0 Å². The van der Waals surface area contributed by atoms with E-state index in [0.29, 0.717) is 6.10 Å². The molecular formula is C20H25NO. The zero-order valence-corrected chi connectivity index (χ0v) is 13.6. The van der Waals surface area contributed by atoms with E-state index < -0.39 is 0 Å². The standard InChI is InChI=1S/C20H25NO/c1-15-10-16(2)12-18(11-15)21-14-17-6-5-9-20(13-17)22-19-7-3-4-8-19/h5-6,9-13,19,21H,3-4,7-8,14H2,1-2H3. The van der Waals surface area contributed by atoms with E-state index in [1.807, 2.05) is 0 Å². The van der Waals surface area contributed by atoms with E-state index in [-0.39, 0.29) is 0 Å². The summed E-state index contributed by atoms with van der Waals surface area (Å²) in [4.78, 5) is 0. The maximum Gasteiger partial charge on any atom is 0.120 e. The lowest BCUT2D eigenvalue weighted by Gasteiger charge is -2.14. The van der Waals surface area contributed by atoms with Crippen molar-refractivity contribution in [1.29, 1.82) is 0 Å². The largest absolute Gasteiger partial charge is 0.490 e. The number of ether oxygens (including phenoxy) is 1. The second-order valence-corrected chi connectivity index (χ2v) is 6.40. The Hall–Kier alpha value is -1.96. The predicted octanol–water partition coefficient (Wildman–Crippen LogP) is 5.24.